The third-order valence-electron chi connectivity index (χ3n) is 7.10. The number of hydrogen-bond acceptors (Lipinski definition) is 2. The Hall–Kier alpha value is -3.41. The van der Waals surface area contributed by atoms with E-state index in [1.165, 1.54) is 45.4 Å². The summed E-state index contributed by atoms with van der Waals surface area (Å²) in [4.78, 5) is 11.3. The molecule has 0 heterocycles. The standard InChI is InChI=1S/C20H19IO2.C19H17I.CH4/c1-3-6-15-7-5-8-16(13-14-21)20(15)17-9-11-18(12-10-17)23-19(22)4-2;1-3-6-16-7-5-8-17(13-14-20)19(16)18-11-9-15(4-2)10-12-18;/h3-4,6,9-14H,1-2,5,7-8H2;2-3,6,9-14H,1,5,7-8H2;1H4/b14-13+,15-6+;14-13+,16-6+;. The van der Waals surface area contributed by atoms with E-state index in [9.17, 15) is 4.79 Å². The first kappa shape index (κ1) is 36.8. The van der Waals surface area contributed by atoms with Crippen LogP contribution in [0.25, 0.3) is 11.1 Å². The molecule has 0 atom stereocenters. The predicted octanol–water partition coefficient (Wildman–Crippen LogP) is 12.1. The molecule has 4 heteroatoms. The molecule has 0 bridgehead atoms. The topological polar surface area (TPSA) is 26.3 Å². The molecule has 2 aromatic carbocycles. The van der Waals surface area contributed by atoms with E-state index in [1.807, 2.05) is 52.6 Å². The minimum Gasteiger partial charge on any atom is -0.423 e. The largest absolute Gasteiger partial charge is 0.423 e. The zero-order chi connectivity index (χ0) is 31.0. The first-order valence-electron chi connectivity index (χ1n) is 14.1. The summed E-state index contributed by atoms with van der Waals surface area (Å²) in [5, 5.41) is 0. The molecule has 4 rings (SSSR count). The van der Waals surface area contributed by atoms with Gasteiger partial charge in [0.15, 0.2) is 0 Å². The molecule has 0 saturated carbocycles. The molecule has 0 spiro atoms. The summed E-state index contributed by atoms with van der Waals surface area (Å²) in [7, 11) is 0. The van der Waals surface area contributed by atoms with Gasteiger partial charge in [-0.15, -0.1) is 6.42 Å². The first-order chi connectivity index (χ1) is 21.0. The molecule has 2 aliphatic carbocycles. The van der Waals surface area contributed by atoms with Crippen molar-refractivity contribution in [2.45, 2.75) is 46.0 Å². The molecule has 2 aromatic rings. The number of rotatable bonds is 8. The fourth-order valence-electron chi connectivity index (χ4n) is 5.28. The van der Waals surface area contributed by atoms with Gasteiger partial charge in [-0.05, 0) is 116 Å². The Morgan fingerprint density at radius 3 is 1.59 bits per heavy atom. The van der Waals surface area contributed by atoms with E-state index in [-0.39, 0.29) is 7.43 Å². The maximum absolute atomic E-state index is 11.3. The van der Waals surface area contributed by atoms with E-state index in [2.05, 4.69) is 111 Å². The van der Waals surface area contributed by atoms with Gasteiger partial charge in [0.05, 0.1) is 0 Å². The molecule has 0 amide bonds. The van der Waals surface area contributed by atoms with Crippen molar-refractivity contribution in [2.75, 3.05) is 0 Å². The molecule has 0 aliphatic heterocycles. The van der Waals surface area contributed by atoms with Crippen molar-refractivity contribution in [3.8, 4) is 18.1 Å². The van der Waals surface area contributed by atoms with Crippen LogP contribution >= 0.6 is 45.2 Å². The van der Waals surface area contributed by atoms with Crippen LogP contribution in [0.15, 0.2) is 141 Å². The second-order valence-electron chi connectivity index (χ2n) is 9.82. The summed E-state index contributed by atoms with van der Waals surface area (Å²) in [6.07, 6.45) is 25.6. The maximum atomic E-state index is 11.3. The average molecular weight is 807 g/mol. The van der Waals surface area contributed by atoms with Crippen molar-refractivity contribution < 1.29 is 9.53 Å². The van der Waals surface area contributed by atoms with Crippen LogP contribution in [0, 0.1) is 12.3 Å². The Morgan fingerprint density at radius 1 is 0.750 bits per heavy atom. The summed E-state index contributed by atoms with van der Waals surface area (Å²) in [5.41, 5.74) is 11.3. The highest BCUT2D eigenvalue weighted by atomic mass is 127. The number of carbonyl (C=O) groups is 1. The van der Waals surface area contributed by atoms with E-state index in [4.69, 9.17) is 11.2 Å². The molecule has 44 heavy (non-hydrogen) atoms. The van der Waals surface area contributed by atoms with Gasteiger partial charge in [0.25, 0.3) is 0 Å². The fraction of sp³-hybridized carbons (Fsp3) is 0.175. The van der Waals surface area contributed by atoms with E-state index >= 15 is 0 Å². The molecular formula is C40H40I2O2. The Morgan fingerprint density at radius 2 is 1.20 bits per heavy atom. The van der Waals surface area contributed by atoms with Gasteiger partial charge in [-0.25, -0.2) is 4.79 Å². The molecule has 226 valence electrons. The van der Waals surface area contributed by atoms with Gasteiger partial charge in [0, 0.05) is 11.6 Å². The van der Waals surface area contributed by atoms with Crippen LogP contribution in [0.5, 0.6) is 5.75 Å². The molecule has 0 N–H and O–H groups in total. The Bertz CT molecular complexity index is 1550. The van der Waals surface area contributed by atoms with Gasteiger partial charge in [0.2, 0.25) is 0 Å². The monoisotopic (exact) mass is 806 g/mol. The van der Waals surface area contributed by atoms with Crippen molar-refractivity contribution >= 4 is 62.3 Å². The minimum absolute atomic E-state index is 0. The van der Waals surface area contributed by atoms with E-state index < -0.39 is 5.97 Å². The summed E-state index contributed by atoms with van der Waals surface area (Å²) >= 11 is 4.53. The van der Waals surface area contributed by atoms with Gasteiger partial charge < -0.3 is 4.74 Å². The van der Waals surface area contributed by atoms with E-state index in [0.717, 1.165) is 49.3 Å². The normalized spacial score (nSPS) is 16.7. The van der Waals surface area contributed by atoms with E-state index in [0.29, 0.717) is 5.75 Å². The Labute approximate surface area is 291 Å². The number of hydrogen-bond donors (Lipinski definition) is 0. The lowest BCUT2D eigenvalue weighted by atomic mass is 9.83. The van der Waals surface area contributed by atoms with Crippen LogP contribution < -0.4 is 4.74 Å². The van der Waals surface area contributed by atoms with Gasteiger partial charge in [-0.3, -0.25) is 0 Å². The number of allylic oxidation sites excluding steroid dienone is 12. The smallest absolute Gasteiger partial charge is 0.335 e. The van der Waals surface area contributed by atoms with Crippen LogP contribution in [-0.2, 0) is 4.79 Å². The third-order valence-corrected chi connectivity index (χ3v) is 7.82. The molecule has 2 nitrogen and oxygen atoms in total. The molecule has 0 unspecified atom stereocenters. The fourth-order valence-corrected chi connectivity index (χ4v) is 6.14. The molecule has 0 saturated heterocycles. The van der Waals surface area contributed by atoms with Crippen molar-refractivity contribution in [1.29, 1.82) is 0 Å². The van der Waals surface area contributed by atoms with Gasteiger partial charge in [-0.1, -0.05) is 139 Å². The van der Waals surface area contributed by atoms with Crippen molar-refractivity contribution in [3.63, 3.8) is 0 Å². The highest BCUT2D eigenvalue weighted by Crippen LogP contribution is 2.39. The summed E-state index contributed by atoms with van der Waals surface area (Å²) in [6, 6.07) is 15.9. The van der Waals surface area contributed by atoms with Crippen LogP contribution in [0.2, 0.25) is 0 Å². The van der Waals surface area contributed by atoms with Crippen molar-refractivity contribution in [2.24, 2.45) is 0 Å². The summed E-state index contributed by atoms with van der Waals surface area (Å²) in [5.74, 6) is 2.74. The maximum Gasteiger partial charge on any atom is 0.335 e. The number of esters is 1. The molecule has 0 radical (unpaired) electrons. The highest BCUT2D eigenvalue weighted by Gasteiger charge is 2.18. The number of terminal acetylenes is 1. The first-order valence-corrected chi connectivity index (χ1v) is 16.6. The lowest BCUT2D eigenvalue weighted by Gasteiger charge is -2.22. The van der Waals surface area contributed by atoms with Crippen LogP contribution in [0.1, 0.15) is 62.6 Å². The number of benzene rings is 2. The van der Waals surface area contributed by atoms with Crippen LogP contribution in [0.4, 0.5) is 0 Å². The molecule has 2 aliphatic rings. The summed E-state index contributed by atoms with van der Waals surface area (Å²) < 4.78 is 9.26. The summed E-state index contributed by atoms with van der Waals surface area (Å²) in [6.45, 7) is 11.1. The molecule has 0 fully saturated rings. The number of halogens is 2. The second kappa shape index (κ2) is 19.8. The van der Waals surface area contributed by atoms with Crippen LogP contribution in [-0.4, -0.2) is 5.97 Å². The van der Waals surface area contributed by atoms with Gasteiger partial charge >= 0.3 is 5.97 Å². The Kier molecular flexibility index (Phi) is 16.5. The number of ether oxygens (including phenoxy) is 1. The SMILES string of the molecule is C.C#Cc1ccc(C2=C(/C=C/I)CCC/C2=C\C=C)cc1.C=C/C=C1\CCCC(/C=C/I)=C1c1ccc(OC(=O)C=C)cc1. The van der Waals surface area contributed by atoms with Crippen molar-refractivity contribution in [3.05, 3.63) is 158 Å². The zero-order valence-corrected chi connectivity index (χ0v) is 28.6. The highest BCUT2D eigenvalue weighted by molar-refractivity contribution is 14.1. The van der Waals surface area contributed by atoms with Crippen LogP contribution in [0.3, 0.4) is 0 Å². The number of carbonyl (C=O) groups excluding carboxylic acids is 1. The Balaban J connectivity index is 0.000000303. The lowest BCUT2D eigenvalue weighted by Crippen LogP contribution is -2.04. The quantitative estimate of drug-likeness (QED) is 0.0873. The predicted molar refractivity (Wildman–Crippen MR) is 208 cm³/mol. The lowest BCUT2D eigenvalue weighted by molar-refractivity contribution is -0.128. The van der Waals surface area contributed by atoms with Gasteiger partial charge in [-0.2, -0.15) is 0 Å². The third kappa shape index (κ3) is 10.3. The average Bonchev–Trinajstić information content (AvgIpc) is 3.03. The minimum atomic E-state index is -0.449. The second-order valence-corrected chi connectivity index (χ2v) is 11.3. The molecular weight excluding hydrogens is 766 g/mol. The van der Waals surface area contributed by atoms with Crippen molar-refractivity contribution in [1.82, 2.24) is 0 Å². The zero-order valence-electron chi connectivity index (χ0n) is 24.3. The molecule has 0 aromatic heterocycles. The van der Waals surface area contributed by atoms with Gasteiger partial charge in [0.1, 0.15) is 5.75 Å². The van der Waals surface area contributed by atoms with E-state index in [1.54, 1.807) is 0 Å².